The highest BCUT2D eigenvalue weighted by atomic mass is 16.5. The van der Waals surface area contributed by atoms with Crippen molar-refractivity contribution in [1.82, 2.24) is 5.48 Å². The van der Waals surface area contributed by atoms with Gasteiger partial charge in [-0.2, -0.15) is 0 Å². The second-order valence-electron chi connectivity index (χ2n) is 1.92. The van der Waals surface area contributed by atoms with Gasteiger partial charge in [-0.1, -0.05) is 18.2 Å². The lowest BCUT2D eigenvalue weighted by atomic mass is 10.3. The smallest absolute Gasteiger partial charge is 0.308 e. The number of benzene rings is 1. The molecule has 0 bridgehead atoms. The maximum Gasteiger partial charge on any atom is 0.308 e. The summed E-state index contributed by atoms with van der Waals surface area (Å²) >= 11 is 0. The maximum absolute atomic E-state index is 10.4. The molecule has 0 saturated carbocycles. The molecular weight excluding hydrogens is 144 g/mol. The number of carbonyl (C=O) groups is 1. The zero-order valence-electron chi connectivity index (χ0n) is 5.70. The molecule has 0 unspecified atom stereocenters. The summed E-state index contributed by atoms with van der Waals surface area (Å²) in [6.07, 6.45) is 0. The van der Waals surface area contributed by atoms with Crippen molar-refractivity contribution in [3.05, 3.63) is 35.5 Å². The van der Waals surface area contributed by atoms with E-state index in [0.29, 0.717) is 5.69 Å². The molecule has 2 N–H and O–H groups in total. The molecule has 0 aliphatic heterocycles. The molecule has 1 rings (SSSR count). The summed E-state index contributed by atoms with van der Waals surface area (Å²) in [6.45, 7) is 0. The topological polar surface area (TPSA) is 64.2 Å². The first-order chi connectivity index (χ1) is 5.33. The molecular formula is C7H7N2O2-. The molecule has 0 aliphatic rings. The first-order valence-corrected chi connectivity index (χ1v) is 3.07. The largest absolute Gasteiger partial charge is 0.758 e. The van der Waals surface area contributed by atoms with Crippen LogP contribution in [-0.4, -0.2) is 6.03 Å². The Kier molecular flexibility index (Phi) is 2.46. The van der Waals surface area contributed by atoms with Gasteiger partial charge in [0.2, 0.25) is 0 Å². The van der Waals surface area contributed by atoms with Crippen LogP contribution in [0.4, 0.5) is 10.5 Å². The van der Waals surface area contributed by atoms with Crippen LogP contribution in [0.15, 0.2) is 30.3 Å². The monoisotopic (exact) mass is 151 g/mol. The third-order valence-electron chi connectivity index (χ3n) is 1.12. The zero-order chi connectivity index (χ0) is 8.10. The second kappa shape index (κ2) is 3.58. The van der Waals surface area contributed by atoms with Gasteiger partial charge in [0.1, 0.15) is 0 Å². The molecule has 2 amide bonds. The Morgan fingerprint density at radius 3 is 2.45 bits per heavy atom. The summed E-state index contributed by atoms with van der Waals surface area (Å²) in [5.74, 6) is 0. The lowest BCUT2D eigenvalue weighted by molar-refractivity contribution is 0.255. The average molecular weight is 151 g/mol. The third kappa shape index (κ3) is 2.27. The Balaban J connectivity index is 2.58. The van der Waals surface area contributed by atoms with Gasteiger partial charge in [0.15, 0.2) is 0 Å². The summed E-state index contributed by atoms with van der Waals surface area (Å²) in [7, 11) is 0. The molecule has 1 aromatic rings. The molecule has 0 radical (unpaired) electrons. The van der Waals surface area contributed by atoms with E-state index in [9.17, 15) is 10.0 Å². The van der Waals surface area contributed by atoms with Crippen molar-refractivity contribution < 1.29 is 4.79 Å². The van der Waals surface area contributed by atoms with Crippen LogP contribution in [0.1, 0.15) is 0 Å². The maximum atomic E-state index is 10.4. The Morgan fingerprint density at radius 2 is 1.91 bits per heavy atom. The van der Waals surface area contributed by atoms with Gasteiger partial charge in [-0.05, 0) is 12.1 Å². The molecule has 4 nitrogen and oxygen atoms in total. The third-order valence-corrected chi connectivity index (χ3v) is 1.12. The second-order valence-corrected chi connectivity index (χ2v) is 1.92. The number of hydroxylamine groups is 1. The van der Waals surface area contributed by atoms with Crippen LogP contribution >= 0.6 is 0 Å². The lowest BCUT2D eigenvalue weighted by Gasteiger charge is -2.08. The van der Waals surface area contributed by atoms with Crippen LogP contribution in [0.25, 0.3) is 0 Å². The van der Waals surface area contributed by atoms with Crippen LogP contribution < -0.4 is 10.8 Å². The standard InChI is InChI=1S/C7H7N2O2/c10-7(9-11)8-6-4-2-1-3-5-6/h1-5H,(H2-,8,9,10,11)/q-1. The molecule has 58 valence electrons. The van der Waals surface area contributed by atoms with E-state index in [1.807, 2.05) is 6.07 Å². The number of hydrogen-bond acceptors (Lipinski definition) is 2. The number of anilines is 1. The van der Waals surface area contributed by atoms with Crippen LogP contribution in [-0.2, 0) is 0 Å². The normalized spacial score (nSPS) is 8.82. The number of rotatable bonds is 1. The highest BCUT2D eigenvalue weighted by molar-refractivity contribution is 5.89. The van der Waals surface area contributed by atoms with E-state index in [4.69, 9.17) is 0 Å². The van der Waals surface area contributed by atoms with Gasteiger partial charge in [0, 0.05) is 5.69 Å². The Morgan fingerprint density at radius 1 is 1.27 bits per heavy atom. The van der Waals surface area contributed by atoms with Gasteiger partial charge >= 0.3 is 6.03 Å². The summed E-state index contributed by atoms with van der Waals surface area (Å²) in [5, 5.41) is 12.1. The minimum absolute atomic E-state index is 0.598. The average Bonchev–Trinajstić information content (AvgIpc) is 2.06. The van der Waals surface area contributed by atoms with Crippen molar-refractivity contribution >= 4 is 11.7 Å². The van der Waals surface area contributed by atoms with Gasteiger partial charge in [-0.25, -0.2) is 4.79 Å². The van der Waals surface area contributed by atoms with Crippen molar-refractivity contribution in [2.24, 2.45) is 0 Å². The number of nitrogens with one attached hydrogen (secondary N) is 2. The fraction of sp³-hybridized carbons (Fsp3) is 0. The number of hydrogen-bond donors (Lipinski definition) is 2. The molecule has 0 spiro atoms. The van der Waals surface area contributed by atoms with Crippen molar-refractivity contribution in [3.8, 4) is 0 Å². The van der Waals surface area contributed by atoms with Crippen LogP contribution in [0.5, 0.6) is 0 Å². The van der Waals surface area contributed by atoms with Crippen molar-refractivity contribution in [3.63, 3.8) is 0 Å². The van der Waals surface area contributed by atoms with Crippen LogP contribution in [0.2, 0.25) is 0 Å². The molecule has 0 aliphatic carbocycles. The zero-order valence-corrected chi connectivity index (χ0v) is 5.70. The molecule has 0 heterocycles. The molecule has 0 fully saturated rings. The van der Waals surface area contributed by atoms with E-state index in [-0.39, 0.29) is 0 Å². The van der Waals surface area contributed by atoms with Crippen LogP contribution in [0, 0.1) is 5.21 Å². The van der Waals surface area contributed by atoms with Gasteiger partial charge in [-0.3, -0.25) is 0 Å². The SMILES string of the molecule is O=C(N[O-])Nc1ccccc1. The van der Waals surface area contributed by atoms with Gasteiger partial charge in [0.25, 0.3) is 0 Å². The fourth-order valence-electron chi connectivity index (χ4n) is 0.678. The molecule has 1 aromatic carbocycles. The van der Waals surface area contributed by atoms with Gasteiger partial charge in [-0.15, -0.1) is 0 Å². The molecule has 0 atom stereocenters. The summed E-state index contributed by atoms with van der Waals surface area (Å²) in [5.41, 5.74) is 1.81. The minimum atomic E-state index is -0.754. The Labute approximate surface area is 63.8 Å². The van der Waals surface area contributed by atoms with E-state index >= 15 is 0 Å². The Hall–Kier alpha value is -1.55. The van der Waals surface area contributed by atoms with Gasteiger partial charge in [0.05, 0.1) is 0 Å². The first kappa shape index (κ1) is 7.56. The van der Waals surface area contributed by atoms with E-state index in [2.05, 4.69) is 5.32 Å². The van der Waals surface area contributed by atoms with E-state index in [1.165, 1.54) is 5.48 Å². The predicted octanol–water partition coefficient (Wildman–Crippen LogP) is 1.31. The highest BCUT2D eigenvalue weighted by Gasteiger charge is 1.92. The predicted molar refractivity (Wildman–Crippen MR) is 42.0 cm³/mol. The summed E-state index contributed by atoms with van der Waals surface area (Å²) in [6, 6.07) is 7.97. The summed E-state index contributed by atoms with van der Waals surface area (Å²) < 4.78 is 0. The molecule has 11 heavy (non-hydrogen) atoms. The lowest BCUT2D eigenvalue weighted by Crippen LogP contribution is -2.22. The van der Waals surface area contributed by atoms with Crippen molar-refractivity contribution in [1.29, 1.82) is 0 Å². The molecule has 0 saturated heterocycles. The van der Waals surface area contributed by atoms with Crippen molar-refractivity contribution in [2.75, 3.05) is 5.32 Å². The number of amides is 2. The number of para-hydroxylation sites is 1. The van der Waals surface area contributed by atoms with E-state index in [1.54, 1.807) is 24.3 Å². The summed E-state index contributed by atoms with van der Waals surface area (Å²) in [4.78, 5) is 10.4. The Bertz CT molecular complexity index is 235. The molecule has 0 aromatic heterocycles. The first-order valence-electron chi connectivity index (χ1n) is 3.07. The van der Waals surface area contributed by atoms with Crippen molar-refractivity contribution in [2.45, 2.75) is 0 Å². The minimum Gasteiger partial charge on any atom is -0.758 e. The fourth-order valence-corrected chi connectivity index (χ4v) is 0.678. The van der Waals surface area contributed by atoms with Crippen LogP contribution in [0.3, 0.4) is 0 Å². The quantitative estimate of drug-likeness (QED) is 0.594. The number of carbonyl (C=O) groups excluding carboxylic acids is 1. The van der Waals surface area contributed by atoms with E-state index in [0.717, 1.165) is 0 Å². The van der Waals surface area contributed by atoms with Gasteiger partial charge < -0.3 is 16.0 Å². The number of urea groups is 1. The van der Waals surface area contributed by atoms with E-state index < -0.39 is 6.03 Å². The highest BCUT2D eigenvalue weighted by Crippen LogP contribution is 2.03. The molecule has 4 heteroatoms.